The molecular formula is C36H40N2Pt+2. The molecule has 0 saturated heterocycles. The Morgan fingerprint density at radius 3 is 1.28 bits per heavy atom. The van der Waals surface area contributed by atoms with E-state index < -0.39 is 0 Å². The summed E-state index contributed by atoms with van der Waals surface area (Å²) in [4.78, 5) is 4.72. The molecule has 0 fully saturated rings. The second kappa shape index (κ2) is 11.0. The quantitative estimate of drug-likeness (QED) is 0.170. The molecule has 5 rings (SSSR count). The number of hydrogen-bond acceptors (Lipinski definition) is 2. The Labute approximate surface area is 250 Å². The van der Waals surface area contributed by atoms with Gasteiger partial charge in [0.2, 0.25) is 0 Å². The van der Waals surface area contributed by atoms with E-state index in [1.165, 1.54) is 44.8 Å². The third-order valence-corrected chi connectivity index (χ3v) is 7.61. The van der Waals surface area contributed by atoms with Gasteiger partial charge in [0.1, 0.15) is 0 Å². The van der Waals surface area contributed by atoms with Crippen molar-refractivity contribution in [2.75, 3.05) is 23.9 Å². The molecule has 0 spiro atoms. The maximum Gasteiger partial charge on any atom is 4.00 e. The summed E-state index contributed by atoms with van der Waals surface area (Å²) >= 11 is 0. The smallest absolute Gasteiger partial charge is 0.379 e. The Balaban J connectivity index is 0.00000353. The molecule has 39 heavy (non-hydrogen) atoms. The summed E-state index contributed by atoms with van der Waals surface area (Å²) in [6, 6.07) is 34.4. The third kappa shape index (κ3) is 6.17. The monoisotopic (exact) mass is 695 g/mol. The van der Waals surface area contributed by atoms with Crippen molar-refractivity contribution < 1.29 is 21.1 Å². The number of rotatable bonds is 0. The van der Waals surface area contributed by atoms with Crippen LogP contribution in [0.3, 0.4) is 0 Å². The van der Waals surface area contributed by atoms with E-state index in [1.54, 1.807) is 0 Å². The molecule has 0 aliphatic carbocycles. The maximum atomic E-state index is 3.81. The van der Waals surface area contributed by atoms with Crippen LogP contribution >= 0.6 is 0 Å². The Kier molecular flexibility index (Phi) is 8.20. The van der Waals surface area contributed by atoms with Gasteiger partial charge in [-0.25, -0.2) is 0 Å². The topological polar surface area (TPSA) is 6.48 Å². The Bertz CT molecular complexity index is 1360. The molecule has 2 nitrogen and oxygen atoms in total. The van der Waals surface area contributed by atoms with Gasteiger partial charge in [-0.15, -0.1) is 69.8 Å². The first-order chi connectivity index (χ1) is 17.9. The first-order valence-electron chi connectivity index (χ1n) is 13.6. The summed E-state index contributed by atoms with van der Waals surface area (Å²) in [5.41, 5.74) is 12.3. The number of fused-ring (bicyclic) bond motifs is 8. The van der Waals surface area contributed by atoms with E-state index in [-0.39, 0.29) is 31.9 Å². The first kappa shape index (κ1) is 29.2. The molecule has 3 heteroatoms. The molecule has 1 heterocycles. The van der Waals surface area contributed by atoms with Crippen molar-refractivity contribution in [2.24, 2.45) is 0 Å². The molecule has 202 valence electrons. The molecule has 0 radical (unpaired) electrons. The zero-order chi connectivity index (χ0) is 27.2. The minimum absolute atomic E-state index is 0. The van der Waals surface area contributed by atoms with E-state index in [0.717, 1.165) is 24.2 Å². The number of benzene rings is 4. The number of para-hydroxylation sites is 2. The molecule has 4 aromatic rings. The standard InChI is InChI=1S/C36H40N2.Pt/c1-35(2,3)29-19-25-17-27(21-29)31-13-9-11-15-33(31)38(8)24-26-18-28(22-30(20-26)36(4,5)6)32-14-10-12-16-34(32)37(7)23-25;/h9-16,19-22H,23-24H2,1-8H3;/q-2;+4. The molecule has 0 unspecified atom stereocenters. The third-order valence-electron chi connectivity index (χ3n) is 7.61. The van der Waals surface area contributed by atoms with Crippen LogP contribution in [-0.4, -0.2) is 14.1 Å². The van der Waals surface area contributed by atoms with Gasteiger partial charge in [0.05, 0.1) is 0 Å². The van der Waals surface area contributed by atoms with Crippen LogP contribution in [0.5, 0.6) is 0 Å². The van der Waals surface area contributed by atoms with Gasteiger partial charge in [0, 0.05) is 38.6 Å². The van der Waals surface area contributed by atoms with E-state index in [0.29, 0.717) is 0 Å². The summed E-state index contributed by atoms with van der Waals surface area (Å²) in [5, 5.41) is 0. The molecule has 0 amide bonds. The van der Waals surface area contributed by atoms with E-state index in [1.807, 2.05) is 0 Å². The van der Waals surface area contributed by atoms with Crippen molar-refractivity contribution in [2.45, 2.75) is 65.5 Å². The van der Waals surface area contributed by atoms with Gasteiger partial charge in [-0.1, -0.05) is 89.1 Å². The van der Waals surface area contributed by atoms with E-state index in [4.69, 9.17) is 0 Å². The van der Waals surface area contributed by atoms with Crippen LogP contribution < -0.4 is 9.80 Å². The average molecular weight is 696 g/mol. The first-order valence-corrected chi connectivity index (χ1v) is 13.6. The van der Waals surface area contributed by atoms with Gasteiger partial charge >= 0.3 is 21.1 Å². The van der Waals surface area contributed by atoms with Gasteiger partial charge in [0.25, 0.3) is 0 Å². The van der Waals surface area contributed by atoms with Crippen LogP contribution in [0.2, 0.25) is 0 Å². The second-order valence-electron chi connectivity index (χ2n) is 12.9. The van der Waals surface area contributed by atoms with Crippen LogP contribution in [0.25, 0.3) is 22.3 Å². The van der Waals surface area contributed by atoms with Crippen LogP contribution in [0.4, 0.5) is 11.4 Å². The van der Waals surface area contributed by atoms with E-state index in [2.05, 4.69) is 150 Å². The number of hydrogen-bond donors (Lipinski definition) is 0. The molecule has 1 aliphatic heterocycles. The fourth-order valence-electron chi connectivity index (χ4n) is 5.34. The van der Waals surface area contributed by atoms with Gasteiger partial charge in [-0.3, -0.25) is 0 Å². The second-order valence-corrected chi connectivity index (χ2v) is 12.9. The average Bonchev–Trinajstić information content (AvgIpc) is 2.87. The molecule has 0 saturated carbocycles. The van der Waals surface area contributed by atoms with E-state index in [9.17, 15) is 0 Å². The number of anilines is 2. The van der Waals surface area contributed by atoms with Gasteiger partial charge in [-0.2, -0.15) is 0 Å². The van der Waals surface area contributed by atoms with Crippen LogP contribution in [-0.2, 0) is 45.0 Å². The summed E-state index contributed by atoms with van der Waals surface area (Å²) in [7, 11) is 4.39. The van der Waals surface area contributed by atoms with Crippen molar-refractivity contribution in [3.63, 3.8) is 0 Å². The van der Waals surface area contributed by atoms with Gasteiger partial charge in [0.15, 0.2) is 0 Å². The SMILES string of the molecule is CN1Cc2[c-]c(cc(C(C)(C)C)c2)-c2ccccc2N(C)Cc2[c-]c(cc(C(C)(C)C)c2)-c2ccccc21.[Pt+4]. The summed E-state index contributed by atoms with van der Waals surface area (Å²) in [5.74, 6) is 0. The van der Waals surface area contributed by atoms with Crippen LogP contribution in [0, 0.1) is 12.1 Å². The van der Waals surface area contributed by atoms with Crippen LogP contribution in [0.1, 0.15) is 63.8 Å². The van der Waals surface area contributed by atoms with Crippen LogP contribution in [0.15, 0.2) is 72.8 Å². The maximum absolute atomic E-state index is 3.81. The predicted octanol–water partition coefficient (Wildman–Crippen LogP) is 8.80. The van der Waals surface area contributed by atoms with Gasteiger partial charge < -0.3 is 9.80 Å². The minimum Gasteiger partial charge on any atom is -0.379 e. The van der Waals surface area contributed by atoms with Crippen molar-refractivity contribution in [3.8, 4) is 22.3 Å². The van der Waals surface area contributed by atoms with Crippen molar-refractivity contribution in [3.05, 3.63) is 107 Å². The van der Waals surface area contributed by atoms with Crippen molar-refractivity contribution in [1.29, 1.82) is 0 Å². The van der Waals surface area contributed by atoms with Crippen molar-refractivity contribution in [1.82, 2.24) is 0 Å². The Hall–Kier alpha value is -2.83. The predicted molar refractivity (Wildman–Crippen MR) is 163 cm³/mol. The summed E-state index contributed by atoms with van der Waals surface area (Å²) < 4.78 is 0. The molecule has 4 aromatic carbocycles. The fourth-order valence-corrected chi connectivity index (χ4v) is 5.34. The molecule has 1 aliphatic rings. The number of nitrogens with zero attached hydrogens (tertiary/aromatic N) is 2. The molecule has 0 atom stereocenters. The summed E-state index contributed by atoms with van der Waals surface area (Å²) in [6.45, 7) is 15.3. The molecular weight excluding hydrogens is 655 g/mol. The molecule has 0 N–H and O–H groups in total. The zero-order valence-electron chi connectivity index (χ0n) is 24.6. The Morgan fingerprint density at radius 2 is 0.923 bits per heavy atom. The molecule has 4 bridgehead atoms. The van der Waals surface area contributed by atoms with Gasteiger partial charge in [-0.05, 0) is 23.0 Å². The zero-order valence-corrected chi connectivity index (χ0v) is 26.8. The van der Waals surface area contributed by atoms with E-state index >= 15 is 0 Å². The fraction of sp³-hybridized carbons (Fsp3) is 0.333. The Morgan fingerprint density at radius 1 is 0.564 bits per heavy atom. The summed E-state index contributed by atoms with van der Waals surface area (Å²) in [6.07, 6.45) is 0. The largest absolute Gasteiger partial charge is 4.00 e. The minimum atomic E-state index is 0. The van der Waals surface area contributed by atoms with Crippen molar-refractivity contribution >= 4 is 11.4 Å². The molecule has 0 aromatic heterocycles. The normalized spacial score (nSPS) is 13.6.